The highest BCUT2D eigenvalue weighted by Gasteiger charge is 2.21. The van der Waals surface area contributed by atoms with Crippen LogP contribution in [0.5, 0.6) is 0 Å². The smallest absolute Gasteiger partial charge is 0.216 e. The van der Waals surface area contributed by atoms with E-state index in [1.54, 1.807) is 18.3 Å². The van der Waals surface area contributed by atoms with Gasteiger partial charge in [0.05, 0.1) is 6.42 Å². The summed E-state index contributed by atoms with van der Waals surface area (Å²) >= 11 is 0. The average molecular weight is 315 g/mol. The molecule has 1 unspecified atom stereocenters. The molecule has 0 bridgehead atoms. The highest BCUT2D eigenvalue weighted by atomic mass is 19.1. The van der Waals surface area contributed by atoms with E-state index >= 15 is 0 Å². The van der Waals surface area contributed by atoms with Crippen molar-refractivity contribution in [1.82, 2.24) is 0 Å². The standard InChI is InChI=1S/C17H18FN3O2/c1-10-9-20-16(17(22)11(10)2)12(3)23-15(21-19)8-13-4-6-14(18)7-5-13/h4-7,9-10,22H,2-3,8,19H2,1H3/b21-15-. The van der Waals surface area contributed by atoms with Crippen molar-refractivity contribution in [3.8, 4) is 0 Å². The van der Waals surface area contributed by atoms with Gasteiger partial charge in [-0.2, -0.15) is 0 Å². The lowest BCUT2D eigenvalue weighted by atomic mass is 9.98. The predicted octanol–water partition coefficient (Wildman–Crippen LogP) is 3.22. The summed E-state index contributed by atoms with van der Waals surface area (Å²) in [5.74, 6) is 5.15. The molecule has 0 aliphatic carbocycles. The van der Waals surface area contributed by atoms with E-state index in [-0.39, 0.29) is 41.3 Å². The molecule has 5 nitrogen and oxygen atoms in total. The first kappa shape index (κ1) is 16.5. The van der Waals surface area contributed by atoms with Gasteiger partial charge < -0.3 is 15.7 Å². The molecule has 1 aromatic rings. The number of aliphatic imine (C=N–C) groups is 1. The summed E-state index contributed by atoms with van der Waals surface area (Å²) < 4.78 is 18.4. The molecule has 1 aliphatic heterocycles. The van der Waals surface area contributed by atoms with Crippen LogP contribution in [-0.2, 0) is 11.2 Å². The highest BCUT2D eigenvalue weighted by Crippen LogP contribution is 2.27. The molecule has 0 radical (unpaired) electrons. The van der Waals surface area contributed by atoms with E-state index in [0.29, 0.717) is 5.57 Å². The Morgan fingerprint density at radius 3 is 2.70 bits per heavy atom. The monoisotopic (exact) mass is 315 g/mol. The van der Waals surface area contributed by atoms with Gasteiger partial charge in [-0.1, -0.05) is 32.2 Å². The number of benzene rings is 1. The Hall–Kier alpha value is -2.89. The fraction of sp³-hybridized carbons (Fsp3) is 0.176. The summed E-state index contributed by atoms with van der Waals surface area (Å²) in [7, 11) is 0. The number of halogens is 1. The van der Waals surface area contributed by atoms with Crippen LogP contribution >= 0.6 is 0 Å². The van der Waals surface area contributed by atoms with Crippen LogP contribution in [0.2, 0.25) is 0 Å². The van der Waals surface area contributed by atoms with Crippen LogP contribution < -0.4 is 5.84 Å². The molecule has 1 heterocycles. The predicted molar refractivity (Wildman–Crippen MR) is 88.4 cm³/mol. The van der Waals surface area contributed by atoms with Crippen LogP contribution in [0, 0.1) is 11.7 Å². The largest absolute Gasteiger partial charge is 0.505 e. The van der Waals surface area contributed by atoms with Gasteiger partial charge in [0.2, 0.25) is 5.90 Å². The maximum absolute atomic E-state index is 12.9. The number of nitrogens with two attached hydrogens (primary N) is 1. The second-order valence-electron chi connectivity index (χ2n) is 5.14. The number of rotatable bonds is 4. The summed E-state index contributed by atoms with van der Waals surface area (Å²) in [5.41, 5.74) is 1.49. The third-order valence-corrected chi connectivity index (χ3v) is 3.42. The lowest BCUT2D eigenvalue weighted by Gasteiger charge is -2.19. The van der Waals surface area contributed by atoms with Gasteiger partial charge in [-0.15, -0.1) is 5.10 Å². The van der Waals surface area contributed by atoms with E-state index in [2.05, 4.69) is 23.3 Å². The Bertz CT molecular complexity index is 718. The van der Waals surface area contributed by atoms with Crippen LogP contribution in [0.4, 0.5) is 4.39 Å². The second-order valence-corrected chi connectivity index (χ2v) is 5.14. The minimum absolute atomic E-state index is 0.0617. The number of allylic oxidation sites excluding steroid dienone is 1. The molecule has 23 heavy (non-hydrogen) atoms. The molecular formula is C17H18FN3O2. The zero-order valence-electron chi connectivity index (χ0n) is 12.8. The zero-order valence-corrected chi connectivity index (χ0v) is 12.8. The van der Waals surface area contributed by atoms with Gasteiger partial charge in [-0.25, -0.2) is 4.39 Å². The van der Waals surface area contributed by atoms with Gasteiger partial charge in [0, 0.05) is 12.1 Å². The summed E-state index contributed by atoms with van der Waals surface area (Å²) in [6, 6.07) is 5.88. The molecule has 3 N–H and O–H groups in total. The SMILES string of the molecule is C=C(O/C(Cc1ccc(F)cc1)=N\N)C1=C(O)C(=C)C(C)C=N1. The van der Waals surface area contributed by atoms with E-state index in [1.807, 2.05) is 6.92 Å². The second kappa shape index (κ2) is 6.91. The van der Waals surface area contributed by atoms with Gasteiger partial charge in [0.25, 0.3) is 0 Å². The van der Waals surface area contributed by atoms with Gasteiger partial charge in [0.1, 0.15) is 17.3 Å². The molecule has 120 valence electrons. The number of aliphatic hydroxyl groups excluding tert-OH is 1. The van der Waals surface area contributed by atoms with Crippen molar-refractivity contribution in [2.24, 2.45) is 21.9 Å². The first-order valence-corrected chi connectivity index (χ1v) is 6.97. The average Bonchev–Trinajstić information content (AvgIpc) is 2.54. The van der Waals surface area contributed by atoms with Crippen molar-refractivity contribution < 1.29 is 14.2 Å². The quantitative estimate of drug-likeness (QED) is 0.294. The van der Waals surface area contributed by atoms with E-state index < -0.39 is 0 Å². The normalized spacial score (nSPS) is 18.3. The summed E-state index contributed by atoms with van der Waals surface area (Å²) in [4.78, 5) is 4.12. The van der Waals surface area contributed by atoms with Crippen molar-refractivity contribution in [3.63, 3.8) is 0 Å². The molecule has 2 rings (SSSR count). The van der Waals surface area contributed by atoms with Gasteiger partial charge in [0.15, 0.2) is 5.76 Å². The molecule has 0 amide bonds. The number of hydrazone groups is 1. The molecule has 6 heteroatoms. The zero-order chi connectivity index (χ0) is 17.0. The van der Waals surface area contributed by atoms with Gasteiger partial charge in [-0.3, -0.25) is 4.99 Å². The Kier molecular flexibility index (Phi) is 4.95. The molecule has 0 fully saturated rings. The first-order valence-electron chi connectivity index (χ1n) is 6.97. The fourth-order valence-electron chi connectivity index (χ4n) is 1.98. The number of hydrogen-bond donors (Lipinski definition) is 2. The molecule has 1 atom stereocenters. The van der Waals surface area contributed by atoms with Crippen LogP contribution in [0.25, 0.3) is 0 Å². The third kappa shape index (κ3) is 3.85. The lowest BCUT2D eigenvalue weighted by Crippen LogP contribution is -2.15. The Morgan fingerprint density at radius 2 is 2.09 bits per heavy atom. The van der Waals surface area contributed by atoms with Crippen molar-refractivity contribution in [2.75, 3.05) is 0 Å². The van der Waals surface area contributed by atoms with Crippen molar-refractivity contribution >= 4 is 12.1 Å². The number of nitrogens with zero attached hydrogens (tertiary/aromatic N) is 2. The maximum atomic E-state index is 12.9. The molecular weight excluding hydrogens is 297 g/mol. The van der Waals surface area contributed by atoms with Crippen LogP contribution in [-0.4, -0.2) is 17.2 Å². The van der Waals surface area contributed by atoms with E-state index in [1.165, 1.54) is 12.1 Å². The summed E-state index contributed by atoms with van der Waals surface area (Å²) in [6.07, 6.45) is 1.90. The number of hydrogen-bond acceptors (Lipinski definition) is 5. The van der Waals surface area contributed by atoms with Crippen LogP contribution in [0.3, 0.4) is 0 Å². The van der Waals surface area contributed by atoms with Gasteiger partial charge >= 0.3 is 0 Å². The summed E-state index contributed by atoms with van der Waals surface area (Å²) in [5, 5.41) is 13.7. The molecule has 1 aromatic carbocycles. The van der Waals surface area contributed by atoms with E-state index in [9.17, 15) is 9.50 Å². The van der Waals surface area contributed by atoms with E-state index in [4.69, 9.17) is 10.6 Å². The van der Waals surface area contributed by atoms with Crippen LogP contribution in [0.15, 0.2) is 70.3 Å². The number of aliphatic hydroxyl groups is 1. The molecule has 0 spiro atoms. The molecule has 0 aromatic heterocycles. The highest BCUT2D eigenvalue weighted by molar-refractivity contribution is 5.80. The van der Waals surface area contributed by atoms with E-state index in [0.717, 1.165) is 5.56 Å². The minimum Gasteiger partial charge on any atom is -0.505 e. The van der Waals surface area contributed by atoms with Crippen molar-refractivity contribution in [1.29, 1.82) is 0 Å². The summed E-state index contributed by atoms with van der Waals surface area (Å²) in [6.45, 7) is 9.40. The van der Waals surface area contributed by atoms with Crippen molar-refractivity contribution in [2.45, 2.75) is 13.3 Å². The number of ether oxygens (including phenoxy) is 1. The van der Waals surface area contributed by atoms with Gasteiger partial charge in [-0.05, 0) is 23.3 Å². The Labute approximate surface area is 134 Å². The Morgan fingerprint density at radius 1 is 1.43 bits per heavy atom. The topological polar surface area (TPSA) is 80.2 Å². The fourth-order valence-corrected chi connectivity index (χ4v) is 1.98. The Balaban J connectivity index is 2.10. The lowest BCUT2D eigenvalue weighted by molar-refractivity contribution is 0.378. The molecule has 1 aliphatic rings. The maximum Gasteiger partial charge on any atom is 0.216 e. The molecule has 0 saturated heterocycles. The van der Waals surface area contributed by atoms with Crippen LogP contribution in [0.1, 0.15) is 12.5 Å². The minimum atomic E-state index is -0.329. The first-order chi connectivity index (χ1) is 10.9. The third-order valence-electron chi connectivity index (χ3n) is 3.42. The molecule has 0 saturated carbocycles. The van der Waals surface area contributed by atoms with Crippen molar-refractivity contribution in [3.05, 3.63) is 71.6 Å².